The first-order chi connectivity index (χ1) is 11.9. The van der Waals surface area contributed by atoms with E-state index in [9.17, 15) is 9.59 Å². The van der Waals surface area contributed by atoms with Crippen molar-refractivity contribution in [1.82, 2.24) is 9.88 Å². The van der Waals surface area contributed by atoms with Gasteiger partial charge < -0.3 is 10.0 Å². The number of hydrogen-bond acceptors (Lipinski definition) is 4. The van der Waals surface area contributed by atoms with E-state index in [1.54, 1.807) is 17.0 Å². The maximum Gasteiger partial charge on any atom is 0.306 e. The van der Waals surface area contributed by atoms with Crippen LogP contribution in [0.25, 0.3) is 10.6 Å². The van der Waals surface area contributed by atoms with Crippen LogP contribution < -0.4 is 0 Å². The Morgan fingerprint density at radius 1 is 1.28 bits per heavy atom. The van der Waals surface area contributed by atoms with Crippen molar-refractivity contribution < 1.29 is 14.7 Å². The van der Waals surface area contributed by atoms with Crippen molar-refractivity contribution >= 4 is 46.4 Å². The molecule has 0 spiro atoms. The highest BCUT2D eigenvalue weighted by Crippen LogP contribution is 2.32. The highest BCUT2D eigenvalue weighted by Gasteiger charge is 2.27. The molecule has 1 amide bonds. The van der Waals surface area contributed by atoms with Crippen LogP contribution in [-0.4, -0.2) is 40.0 Å². The number of halogens is 2. The molecule has 1 aliphatic heterocycles. The predicted octanol–water partition coefficient (Wildman–Crippen LogP) is 3.98. The van der Waals surface area contributed by atoms with Gasteiger partial charge in [0.05, 0.1) is 23.1 Å². The maximum atomic E-state index is 12.4. The molecule has 3 rings (SSSR count). The summed E-state index contributed by atoms with van der Waals surface area (Å²) in [5.41, 5.74) is 1.48. The predicted molar refractivity (Wildman–Crippen MR) is 98.2 cm³/mol. The van der Waals surface area contributed by atoms with Crippen molar-refractivity contribution in [2.24, 2.45) is 5.92 Å². The van der Waals surface area contributed by atoms with E-state index in [4.69, 9.17) is 28.3 Å². The van der Waals surface area contributed by atoms with Crippen molar-refractivity contribution in [3.05, 3.63) is 39.3 Å². The Hall–Kier alpha value is -1.63. The SMILES string of the molecule is O=C(O)C1CCN(C(=O)Cc2csc(-c3ccc(Cl)cc3Cl)n2)CC1. The second kappa shape index (κ2) is 7.72. The molecule has 0 saturated carbocycles. The van der Waals surface area contributed by atoms with E-state index in [1.807, 2.05) is 11.4 Å². The summed E-state index contributed by atoms with van der Waals surface area (Å²) >= 11 is 13.5. The van der Waals surface area contributed by atoms with Crippen LogP contribution in [0.15, 0.2) is 23.6 Å². The number of likely N-dealkylation sites (tertiary alicyclic amines) is 1. The molecule has 2 heterocycles. The van der Waals surface area contributed by atoms with Crippen molar-refractivity contribution in [3.63, 3.8) is 0 Å². The van der Waals surface area contributed by atoms with Crippen LogP contribution in [0.3, 0.4) is 0 Å². The van der Waals surface area contributed by atoms with Gasteiger partial charge in [0.25, 0.3) is 0 Å². The van der Waals surface area contributed by atoms with E-state index in [1.165, 1.54) is 11.3 Å². The van der Waals surface area contributed by atoms with Gasteiger partial charge in [0, 0.05) is 29.1 Å². The average Bonchev–Trinajstić information content (AvgIpc) is 3.03. The molecule has 5 nitrogen and oxygen atoms in total. The van der Waals surface area contributed by atoms with Gasteiger partial charge in [-0.15, -0.1) is 11.3 Å². The maximum absolute atomic E-state index is 12.4. The number of piperidine rings is 1. The van der Waals surface area contributed by atoms with Crippen LogP contribution in [0.5, 0.6) is 0 Å². The largest absolute Gasteiger partial charge is 0.481 e. The van der Waals surface area contributed by atoms with E-state index in [-0.39, 0.29) is 18.2 Å². The van der Waals surface area contributed by atoms with Crippen LogP contribution in [0.2, 0.25) is 10.0 Å². The molecular weight excluding hydrogens is 383 g/mol. The summed E-state index contributed by atoms with van der Waals surface area (Å²) in [6.45, 7) is 0.964. The van der Waals surface area contributed by atoms with Crippen molar-refractivity contribution in [3.8, 4) is 10.6 Å². The number of benzene rings is 1. The second-order valence-corrected chi connectivity index (χ2v) is 7.64. The molecule has 0 bridgehead atoms. The first kappa shape index (κ1) is 18.2. The zero-order valence-electron chi connectivity index (χ0n) is 13.2. The number of nitrogens with zero attached hydrogens (tertiary/aromatic N) is 2. The third-order valence-corrected chi connectivity index (χ3v) is 5.71. The normalized spacial score (nSPS) is 15.4. The molecule has 8 heteroatoms. The minimum absolute atomic E-state index is 0.0251. The molecule has 0 atom stereocenters. The van der Waals surface area contributed by atoms with E-state index in [0.29, 0.717) is 41.7 Å². The van der Waals surface area contributed by atoms with Gasteiger partial charge in [-0.25, -0.2) is 4.98 Å². The molecule has 1 aliphatic rings. The Morgan fingerprint density at radius 3 is 2.64 bits per heavy atom. The number of carboxylic acids is 1. The molecule has 0 radical (unpaired) electrons. The van der Waals surface area contributed by atoms with Gasteiger partial charge >= 0.3 is 5.97 Å². The fourth-order valence-electron chi connectivity index (χ4n) is 2.82. The lowest BCUT2D eigenvalue weighted by molar-refractivity contribution is -0.145. The summed E-state index contributed by atoms with van der Waals surface area (Å²) in [6, 6.07) is 5.23. The summed E-state index contributed by atoms with van der Waals surface area (Å²) < 4.78 is 0. The Balaban J connectivity index is 1.63. The molecule has 1 aromatic heterocycles. The average molecular weight is 399 g/mol. The Kier molecular flexibility index (Phi) is 5.61. The van der Waals surface area contributed by atoms with Crippen molar-refractivity contribution in [2.45, 2.75) is 19.3 Å². The van der Waals surface area contributed by atoms with Gasteiger partial charge in [-0.2, -0.15) is 0 Å². The molecule has 1 aromatic carbocycles. The summed E-state index contributed by atoms with van der Waals surface area (Å²) in [7, 11) is 0. The third-order valence-electron chi connectivity index (χ3n) is 4.24. The smallest absolute Gasteiger partial charge is 0.306 e. The molecule has 0 unspecified atom stereocenters. The number of rotatable bonds is 4. The van der Waals surface area contributed by atoms with Crippen LogP contribution in [0.1, 0.15) is 18.5 Å². The first-order valence-corrected chi connectivity index (χ1v) is 9.48. The number of carboxylic acid groups (broad SMARTS) is 1. The van der Waals surface area contributed by atoms with Gasteiger partial charge in [0.15, 0.2) is 0 Å². The zero-order valence-corrected chi connectivity index (χ0v) is 15.6. The molecule has 2 aromatic rings. The third kappa shape index (κ3) is 4.32. The fraction of sp³-hybridized carbons (Fsp3) is 0.353. The van der Waals surface area contributed by atoms with Gasteiger partial charge in [-0.3, -0.25) is 9.59 Å². The highest BCUT2D eigenvalue weighted by molar-refractivity contribution is 7.13. The minimum Gasteiger partial charge on any atom is -0.481 e. The van der Waals surface area contributed by atoms with Crippen LogP contribution in [0, 0.1) is 5.92 Å². The molecule has 25 heavy (non-hydrogen) atoms. The lowest BCUT2D eigenvalue weighted by Crippen LogP contribution is -2.41. The topological polar surface area (TPSA) is 70.5 Å². The number of aliphatic carboxylic acids is 1. The Labute approximate surface area is 159 Å². The lowest BCUT2D eigenvalue weighted by Gasteiger charge is -2.30. The minimum atomic E-state index is -0.781. The lowest BCUT2D eigenvalue weighted by atomic mass is 9.97. The van der Waals surface area contributed by atoms with Gasteiger partial charge in [0.2, 0.25) is 5.91 Å². The molecule has 1 saturated heterocycles. The zero-order chi connectivity index (χ0) is 18.0. The van der Waals surface area contributed by atoms with Crippen molar-refractivity contribution in [2.75, 3.05) is 13.1 Å². The number of carbonyl (C=O) groups excluding carboxylic acids is 1. The van der Waals surface area contributed by atoms with E-state index >= 15 is 0 Å². The molecule has 1 N–H and O–H groups in total. The summed E-state index contributed by atoms with van der Waals surface area (Å²) in [6.07, 6.45) is 1.22. The van der Waals surface area contributed by atoms with Crippen LogP contribution in [-0.2, 0) is 16.0 Å². The number of thiazole rings is 1. The first-order valence-electron chi connectivity index (χ1n) is 7.84. The summed E-state index contributed by atoms with van der Waals surface area (Å²) in [5.74, 6) is -1.15. The standard InChI is InChI=1S/C17H16Cl2N2O3S/c18-11-1-2-13(14(19)7-11)16-20-12(9-25-16)8-15(22)21-5-3-10(4-6-21)17(23)24/h1-2,7,9-10H,3-6,8H2,(H,23,24). The van der Waals surface area contributed by atoms with Crippen LogP contribution in [0.4, 0.5) is 0 Å². The van der Waals surface area contributed by atoms with Crippen molar-refractivity contribution in [1.29, 1.82) is 0 Å². The van der Waals surface area contributed by atoms with E-state index in [2.05, 4.69) is 4.98 Å². The van der Waals surface area contributed by atoms with Crippen LogP contribution >= 0.6 is 34.5 Å². The second-order valence-electron chi connectivity index (χ2n) is 5.94. The summed E-state index contributed by atoms with van der Waals surface area (Å²) in [4.78, 5) is 29.6. The molecule has 1 fully saturated rings. The monoisotopic (exact) mass is 398 g/mol. The number of aromatic nitrogens is 1. The number of carbonyl (C=O) groups is 2. The summed E-state index contributed by atoms with van der Waals surface area (Å²) in [5, 5.41) is 12.7. The molecule has 132 valence electrons. The Bertz CT molecular complexity index is 801. The Morgan fingerprint density at radius 2 is 2.00 bits per heavy atom. The van der Waals surface area contributed by atoms with Gasteiger partial charge in [0.1, 0.15) is 5.01 Å². The van der Waals surface area contributed by atoms with Gasteiger partial charge in [-0.05, 0) is 31.0 Å². The number of amides is 1. The van der Waals surface area contributed by atoms with Gasteiger partial charge in [-0.1, -0.05) is 23.2 Å². The van der Waals surface area contributed by atoms with E-state index < -0.39 is 5.97 Å². The number of hydrogen-bond donors (Lipinski definition) is 1. The quantitative estimate of drug-likeness (QED) is 0.844. The van der Waals surface area contributed by atoms with E-state index in [0.717, 1.165) is 10.6 Å². The fourth-order valence-corrected chi connectivity index (χ4v) is 4.23. The molecule has 0 aliphatic carbocycles. The highest BCUT2D eigenvalue weighted by atomic mass is 35.5. The molecular formula is C17H16Cl2N2O3S.